The van der Waals surface area contributed by atoms with Gasteiger partial charge in [0.05, 0.1) is 31.4 Å². The Balaban J connectivity index is 1.74. The molecular weight excluding hydrogens is 512 g/mol. The van der Waals surface area contributed by atoms with Crippen LogP contribution in [0, 0.1) is 17.8 Å². The third-order valence-electron chi connectivity index (χ3n) is 7.31. The van der Waals surface area contributed by atoms with E-state index in [2.05, 4.69) is 10.6 Å². The Kier molecular flexibility index (Phi) is 11.4. The van der Waals surface area contributed by atoms with Gasteiger partial charge in [-0.15, -0.1) is 0 Å². The Labute approximate surface area is 237 Å². The molecule has 40 heavy (non-hydrogen) atoms. The summed E-state index contributed by atoms with van der Waals surface area (Å²) in [7, 11) is 0. The van der Waals surface area contributed by atoms with Crippen LogP contribution in [-0.2, 0) is 35.1 Å². The zero-order chi connectivity index (χ0) is 29.4. The number of ether oxygens (including phenoxy) is 2. The van der Waals surface area contributed by atoms with Crippen LogP contribution in [0.4, 0.5) is 0 Å². The van der Waals surface area contributed by atoms with Gasteiger partial charge in [0.1, 0.15) is 5.60 Å². The number of Topliss-reactive ketones (excluding diaryl/α,β-unsaturated/α-hetero) is 2. The van der Waals surface area contributed by atoms with E-state index in [1.807, 2.05) is 58.0 Å². The summed E-state index contributed by atoms with van der Waals surface area (Å²) in [6, 6.07) is 7.82. The summed E-state index contributed by atoms with van der Waals surface area (Å²) in [5.41, 5.74) is 0.00522. The van der Waals surface area contributed by atoms with Crippen LogP contribution in [0.5, 0.6) is 0 Å². The van der Waals surface area contributed by atoms with E-state index in [-0.39, 0.29) is 48.4 Å². The highest BCUT2D eigenvalue weighted by molar-refractivity contribution is 5.98. The Morgan fingerprint density at radius 3 is 2.10 bits per heavy atom. The van der Waals surface area contributed by atoms with Crippen molar-refractivity contribution in [3.8, 4) is 0 Å². The highest BCUT2D eigenvalue weighted by atomic mass is 16.6. The zero-order valence-corrected chi connectivity index (χ0v) is 24.5. The SMILES string of the molecule is CC(C)C[C@H](NC(=O)[C@@H](O)COC1CC1)C(=O)C[C@@H](Cc1ccccc1)C(=O)N[C@@H](CC(C)C)C(=O)[C@@]1(C)CO1. The van der Waals surface area contributed by atoms with Crippen LogP contribution in [0.15, 0.2) is 30.3 Å². The van der Waals surface area contributed by atoms with Gasteiger partial charge in [-0.25, -0.2) is 0 Å². The first-order valence-corrected chi connectivity index (χ1v) is 14.5. The van der Waals surface area contributed by atoms with Gasteiger partial charge >= 0.3 is 0 Å². The molecule has 3 N–H and O–H groups in total. The van der Waals surface area contributed by atoms with E-state index in [1.165, 1.54) is 0 Å². The minimum absolute atomic E-state index is 0.0860. The summed E-state index contributed by atoms with van der Waals surface area (Å²) in [5, 5.41) is 15.9. The molecule has 2 aliphatic rings. The second kappa shape index (κ2) is 14.3. The molecule has 222 valence electrons. The fourth-order valence-corrected chi connectivity index (χ4v) is 4.70. The molecule has 5 atom stereocenters. The van der Waals surface area contributed by atoms with Crippen molar-refractivity contribution in [2.75, 3.05) is 13.2 Å². The van der Waals surface area contributed by atoms with Crippen molar-refractivity contribution >= 4 is 23.4 Å². The number of rotatable bonds is 18. The molecule has 1 aliphatic heterocycles. The first kappa shape index (κ1) is 31.9. The fraction of sp³-hybridized carbons (Fsp3) is 0.677. The van der Waals surface area contributed by atoms with E-state index >= 15 is 0 Å². The van der Waals surface area contributed by atoms with Crippen molar-refractivity contribution in [2.24, 2.45) is 17.8 Å². The smallest absolute Gasteiger partial charge is 0.251 e. The molecule has 1 aromatic rings. The molecule has 9 nitrogen and oxygen atoms in total. The third kappa shape index (κ3) is 10.1. The minimum Gasteiger partial charge on any atom is -0.381 e. The number of amides is 2. The van der Waals surface area contributed by atoms with Crippen LogP contribution in [0.3, 0.4) is 0 Å². The third-order valence-corrected chi connectivity index (χ3v) is 7.31. The van der Waals surface area contributed by atoms with Crippen LogP contribution in [0.1, 0.15) is 72.3 Å². The molecule has 2 amide bonds. The predicted molar refractivity (Wildman–Crippen MR) is 150 cm³/mol. The highest BCUT2D eigenvalue weighted by Crippen LogP contribution is 2.30. The van der Waals surface area contributed by atoms with E-state index in [4.69, 9.17) is 9.47 Å². The molecule has 1 saturated carbocycles. The second-order valence-corrected chi connectivity index (χ2v) is 12.4. The van der Waals surface area contributed by atoms with Gasteiger partial charge in [-0.2, -0.15) is 0 Å². The number of carbonyl (C=O) groups excluding carboxylic acids is 4. The number of carbonyl (C=O) groups is 4. The molecule has 9 heteroatoms. The molecule has 0 bridgehead atoms. The standard InChI is InChI=1S/C31H46N2O7/c1-19(2)13-24(32-30(38)27(35)17-39-23-11-12-23)26(34)16-22(15-21-9-7-6-8-10-21)29(37)33-25(14-20(3)4)28(36)31(5)18-40-31/h6-10,19-20,22-25,27,35H,11-18H2,1-5H3,(H,32,38)(H,33,37)/t22-,24+,25+,27+,31-/m1/s1. The molecule has 0 radical (unpaired) electrons. The normalized spacial score (nSPS) is 21.4. The van der Waals surface area contributed by atoms with Crippen molar-refractivity contribution in [1.29, 1.82) is 0 Å². The van der Waals surface area contributed by atoms with Crippen molar-refractivity contribution in [2.45, 2.75) is 103 Å². The van der Waals surface area contributed by atoms with E-state index in [0.717, 1.165) is 18.4 Å². The van der Waals surface area contributed by atoms with Crippen LogP contribution in [0.2, 0.25) is 0 Å². The molecule has 0 unspecified atom stereocenters. The molecule has 0 aromatic heterocycles. The maximum absolute atomic E-state index is 13.7. The van der Waals surface area contributed by atoms with Crippen molar-refractivity contribution in [1.82, 2.24) is 10.6 Å². The van der Waals surface area contributed by atoms with Gasteiger partial charge in [0, 0.05) is 12.3 Å². The Hall–Kier alpha value is -2.62. The van der Waals surface area contributed by atoms with Gasteiger partial charge in [-0.1, -0.05) is 58.0 Å². The number of hydrogen-bond donors (Lipinski definition) is 3. The maximum Gasteiger partial charge on any atom is 0.251 e. The molecule has 3 rings (SSSR count). The van der Waals surface area contributed by atoms with Gasteiger partial charge in [-0.05, 0) is 56.4 Å². The minimum atomic E-state index is -1.37. The molecule has 0 spiro atoms. The van der Waals surface area contributed by atoms with Crippen molar-refractivity contribution in [3.05, 3.63) is 35.9 Å². The summed E-state index contributed by atoms with van der Waals surface area (Å²) in [4.78, 5) is 53.1. The summed E-state index contributed by atoms with van der Waals surface area (Å²) >= 11 is 0. The number of ketones is 2. The lowest BCUT2D eigenvalue weighted by Gasteiger charge is -2.26. The Morgan fingerprint density at radius 1 is 0.975 bits per heavy atom. The van der Waals surface area contributed by atoms with Crippen LogP contribution in [0.25, 0.3) is 0 Å². The monoisotopic (exact) mass is 558 g/mol. The first-order valence-electron chi connectivity index (χ1n) is 14.5. The molecule has 1 saturated heterocycles. The molecule has 1 heterocycles. The fourth-order valence-electron chi connectivity index (χ4n) is 4.70. The average Bonchev–Trinajstić information content (AvgIpc) is 3.83. The number of aliphatic hydroxyl groups is 1. The van der Waals surface area contributed by atoms with Gasteiger partial charge in [0.15, 0.2) is 17.7 Å². The highest BCUT2D eigenvalue weighted by Gasteiger charge is 2.50. The Morgan fingerprint density at radius 2 is 1.55 bits per heavy atom. The van der Waals surface area contributed by atoms with Crippen molar-refractivity contribution < 1.29 is 33.8 Å². The van der Waals surface area contributed by atoms with Crippen LogP contribution < -0.4 is 10.6 Å². The van der Waals surface area contributed by atoms with Gasteiger partial charge < -0.3 is 25.2 Å². The van der Waals surface area contributed by atoms with Crippen LogP contribution in [-0.4, -0.2) is 71.6 Å². The predicted octanol–water partition coefficient (Wildman–Crippen LogP) is 2.76. The Bertz CT molecular complexity index is 1020. The van der Waals surface area contributed by atoms with Gasteiger partial charge in [0.25, 0.3) is 5.91 Å². The number of epoxide rings is 1. The molecule has 1 aliphatic carbocycles. The lowest BCUT2D eigenvalue weighted by atomic mass is 9.88. The summed E-state index contributed by atoms with van der Waals surface area (Å²) in [5.74, 6) is -2.00. The number of nitrogens with one attached hydrogen (secondary N) is 2. The number of aliphatic hydroxyl groups excluding tert-OH is 1. The molecule has 2 fully saturated rings. The van der Waals surface area contributed by atoms with Gasteiger partial charge in [0.2, 0.25) is 5.91 Å². The summed E-state index contributed by atoms with van der Waals surface area (Å²) in [6.07, 6.45) is 1.56. The first-order chi connectivity index (χ1) is 18.9. The molecular formula is C31H46N2O7. The summed E-state index contributed by atoms with van der Waals surface area (Å²) < 4.78 is 10.8. The average molecular weight is 559 g/mol. The molecule has 1 aromatic carbocycles. The lowest BCUT2D eigenvalue weighted by molar-refractivity contribution is -0.137. The lowest BCUT2D eigenvalue weighted by Crippen LogP contribution is -2.50. The van der Waals surface area contributed by atoms with Gasteiger partial charge in [-0.3, -0.25) is 19.2 Å². The second-order valence-electron chi connectivity index (χ2n) is 12.4. The van der Waals surface area contributed by atoms with E-state index in [0.29, 0.717) is 25.9 Å². The number of benzene rings is 1. The zero-order valence-electron chi connectivity index (χ0n) is 24.5. The van der Waals surface area contributed by atoms with E-state index < -0.39 is 35.6 Å². The van der Waals surface area contributed by atoms with Crippen molar-refractivity contribution in [3.63, 3.8) is 0 Å². The van der Waals surface area contributed by atoms with E-state index in [1.54, 1.807) is 6.92 Å². The maximum atomic E-state index is 13.7. The topological polar surface area (TPSA) is 134 Å². The van der Waals surface area contributed by atoms with E-state index in [9.17, 15) is 24.3 Å². The largest absolute Gasteiger partial charge is 0.381 e. The summed E-state index contributed by atoms with van der Waals surface area (Å²) in [6.45, 7) is 9.78. The number of hydrogen-bond acceptors (Lipinski definition) is 7. The van der Waals surface area contributed by atoms with Crippen LogP contribution >= 0.6 is 0 Å². The quantitative estimate of drug-likeness (QED) is 0.236.